The molecule has 0 aliphatic rings. The van der Waals surface area contributed by atoms with Gasteiger partial charge in [-0.3, -0.25) is 11.3 Å². The zero-order valence-electron chi connectivity index (χ0n) is 12.2. The maximum Gasteiger partial charge on any atom is 0.0789 e. The van der Waals surface area contributed by atoms with Crippen molar-refractivity contribution in [3.63, 3.8) is 0 Å². The van der Waals surface area contributed by atoms with Gasteiger partial charge in [0, 0.05) is 7.11 Å². The fourth-order valence-corrected chi connectivity index (χ4v) is 2.47. The summed E-state index contributed by atoms with van der Waals surface area (Å²) in [6.45, 7) is 8.61. The molecule has 1 aromatic carbocycles. The van der Waals surface area contributed by atoms with Crippen LogP contribution in [-0.2, 0) is 11.2 Å². The Kier molecular flexibility index (Phi) is 5.32. The van der Waals surface area contributed by atoms with Crippen LogP contribution in [0.15, 0.2) is 24.3 Å². The second-order valence-electron chi connectivity index (χ2n) is 5.99. The molecule has 0 heterocycles. The molecule has 0 radical (unpaired) electrons. The van der Waals surface area contributed by atoms with Gasteiger partial charge in [-0.25, -0.2) is 0 Å². The van der Waals surface area contributed by atoms with Crippen molar-refractivity contribution >= 4 is 0 Å². The Bertz CT molecular complexity index is 371. The van der Waals surface area contributed by atoms with Gasteiger partial charge in [-0.2, -0.15) is 0 Å². The average molecular weight is 250 g/mol. The first-order valence-corrected chi connectivity index (χ1v) is 6.43. The van der Waals surface area contributed by atoms with Gasteiger partial charge >= 0.3 is 0 Å². The first kappa shape index (κ1) is 15.2. The fourth-order valence-electron chi connectivity index (χ4n) is 2.47. The molecule has 0 fully saturated rings. The third-order valence-corrected chi connectivity index (χ3v) is 3.23. The van der Waals surface area contributed by atoms with E-state index in [9.17, 15) is 0 Å². The summed E-state index contributed by atoms with van der Waals surface area (Å²) in [6.07, 6.45) is 0.941. The van der Waals surface area contributed by atoms with E-state index in [0.29, 0.717) is 0 Å². The lowest BCUT2D eigenvalue weighted by atomic mass is 9.82. The SMILES string of the molecule is COC(C(Cc1cccc(C)c1)NN)C(C)(C)C. The number of benzene rings is 1. The van der Waals surface area contributed by atoms with Crippen molar-refractivity contribution < 1.29 is 4.74 Å². The van der Waals surface area contributed by atoms with Gasteiger partial charge < -0.3 is 4.74 Å². The lowest BCUT2D eigenvalue weighted by Gasteiger charge is -2.35. The molecule has 18 heavy (non-hydrogen) atoms. The second kappa shape index (κ2) is 6.32. The summed E-state index contributed by atoms with van der Waals surface area (Å²) >= 11 is 0. The number of hydrogen-bond donors (Lipinski definition) is 2. The van der Waals surface area contributed by atoms with Crippen LogP contribution in [0.2, 0.25) is 0 Å². The van der Waals surface area contributed by atoms with Crippen molar-refractivity contribution in [2.24, 2.45) is 11.3 Å². The standard InChI is InChI=1S/C15H26N2O/c1-11-7-6-8-12(9-11)10-13(17-16)14(18-5)15(2,3)4/h6-9,13-14,17H,10,16H2,1-5H3. The lowest BCUT2D eigenvalue weighted by molar-refractivity contribution is -0.0110. The minimum atomic E-state index is 0.0512. The molecular formula is C15H26N2O. The van der Waals surface area contributed by atoms with Crippen molar-refractivity contribution in [2.75, 3.05) is 7.11 Å². The van der Waals surface area contributed by atoms with E-state index in [0.717, 1.165) is 6.42 Å². The maximum atomic E-state index is 5.70. The number of rotatable bonds is 5. The predicted octanol–water partition coefficient (Wildman–Crippen LogP) is 2.43. The highest BCUT2D eigenvalue weighted by molar-refractivity contribution is 5.23. The van der Waals surface area contributed by atoms with Gasteiger partial charge in [-0.05, 0) is 24.3 Å². The Morgan fingerprint density at radius 2 is 2.00 bits per heavy atom. The molecule has 0 amide bonds. The molecule has 2 atom stereocenters. The van der Waals surface area contributed by atoms with Crippen LogP contribution in [-0.4, -0.2) is 19.3 Å². The maximum absolute atomic E-state index is 5.70. The summed E-state index contributed by atoms with van der Waals surface area (Å²) < 4.78 is 5.63. The molecule has 3 N–H and O–H groups in total. The van der Waals surface area contributed by atoms with Crippen LogP contribution < -0.4 is 11.3 Å². The zero-order chi connectivity index (χ0) is 13.8. The van der Waals surface area contributed by atoms with Crippen LogP contribution in [0, 0.1) is 12.3 Å². The smallest absolute Gasteiger partial charge is 0.0789 e. The van der Waals surface area contributed by atoms with E-state index in [1.54, 1.807) is 7.11 Å². The summed E-state index contributed by atoms with van der Waals surface area (Å²) in [5.41, 5.74) is 5.51. The Hall–Kier alpha value is -0.900. The lowest BCUT2D eigenvalue weighted by Crippen LogP contribution is -2.51. The van der Waals surface area contributed by atoms with Gasteiger partial charge in [0.05, 0.1) is 12.1 Å². The highest BCUT2D eigenvalue weighted by atomic mass is 16.5. The van der Waals surface area contributed by atoms with E-state index in [4.69, 9.17) is 10.6 Å². The molecular weight excluding hydrogens is 224 g/mol. The minimum Gasteiger partial charge on any atom is -0.379 e. The van der Waals surface area contributed by atoms with E-state index >= 15 is 0 Å². The van der Waals surface area contributed by atoms with Crippen molar-refractivity contribution in [3.8, 4) is 0 Å². The Balaban J connectivity index is 2.84. The fraction of sp³-hybridized carbons (Fsp3) is 0.600. The van der Waals surface area contributed by atoms with E-state index < -0.39 is 0 Å². The summed E-state index contributed by atoms with van der Waals surface area (Å²) in [5, 5.41) is 0. The summed E-state index contributed by atoms with van der Waals surface area (Å²) in [5.74, 6) is 5.70. The molecule has 0 aliphatic carbocycles. The molecule has 1 aromatic rings. The van der Waals surface area contributed by atoms with Gasteiger partial charge in [0.15, 0.2) is 0 Å². The Labute approximate surface area is 111 Å². The normalized spacial score (nSPS) is 15.4. The van der Waals surface area contributed by atoms with Crippen LogP contribution in [0.5, 0.6) is 0 Å². The summed E-state index contributed by atoms with van der Waals surface area (Å²) in [4.78, 5) is 0. The third kappa shape index (κ3) is 4.09. The van der Waals surface area contributed by atoms with Gasteiger partial charge in [-0.15, -0.1) is 0 Å². The van der Waals surface area contributed by atoms with Crippen LogP contribution in [0.3, 0.4) is 0 Å². The molecule has 0 saturated heterocycles. The number of methoxy groups -OCH3 is 1. The molecule has 3 nitrogen and oxygen atoms in total. The molecule has 0 spiro atoms. The molecule has 3 heteroatoms. The molecule has 1 rings (SSSR count). The van der Waals surface area contributed by atoms with Gasteiger partial charge in [-0.1, -0.05) is 50.6 Å². The molecule has 0 aliphatic heterocycles. The van der Waals surface area contributed by atoms with Crippen LogP contribution in [0.25, 0.3) is 0 Å². The third-order valence-electron chi connectivity index (χ3n) is 3.23. The van der Waals surface area contributed by atoms with Gasteiger partial charge in [0.1, 0.15) is 0 Å². The van der Waals surface area contributed by atoms with Crippen LogP contribution >= 0.6 is 0 Å². The number of nitrogens with two attached hydrogens (primary N) is 1. The topological polar surface area (TPSA) is 47.3 Å². The quantitative estimate of drug-likeness (QED) is 0.623. The first-order chi connectivity index (χ1) is 8.38. The van der Waals surface area contributed by atoms with E-state index in [1.807, 2.05) is 0 Å². The predicted molar refractivity (Wildman–Crippen MR) is 76.2 cm³/mol. The number of ether oxygens (including phenoxy) is 1. The Morgan fingerprint density at radius 1 is 1.33 bits per heavy atom. The number of nitrogens with one attached hydrogen (secondary N) is 1. The van der Waals surface area contributed by atoms with Crippen molar-refractivity contribution in [2.45, 2.75) is 46.3 Å². The summed E-state index contributed by atoms with van der Waals surface area (Å²) in [7, 11) is 1.75. The number of hydrogen-bond acceptors (Lipinski definition) is 3. The second-order valence-corrected chi connectivity index (χ2v) is 5.99. The molecule has 0 aromatic heterocycles. The molecule has 2 unspecified atom stereocenters. The minimum absolute atomic E-state index is 0.0512. The molecule has 0 saturated carbocycles. The van der Waals surface area contributed by atoms with Crippen molar-refractivity contribution in [3.05, 3.63) is 35.4 Å². The van der Waals surface area contributed by atoms with E-state index in [1.165, 1.54) is 11.1 Å². The number of aryl methyl sites for hydroxylation is 1. The Morgan fingerprint density at radius 3 is 2.44 bits per heavy atom. The van der Waals surface area contributed by atoms with Crippen LogP contribution in [0.1, 0.15) is 31.9 Å². The van der Waals surface area contributed by atoms with Crippen molar-refractivity contribution in [1.82, 2.24) is 5.43 Å². The van der Waals surface area contributed by atoms with E-state index in [-0.39, 0.29) is 17.6 Å². The number of hydrazine groups is 1. The monoisotopic (exact) mass is 250 g/mol. The average Bonchev–Trinajstić information content (AvgIpc) is 2.26. The highest BCUT2D eigenvalue weighted by Gasteiger charge is 2.31. The van der Waals surface area contributed by atoms with E-state index in [2.05, 4.69) is 57.4 Å². The summed E-state index contributed by atoms with van der Waals surface area (Å²) in [6, 6.07) is 8.62. The first-order valence-electron chi connectivity index (χ1n) is 6.43. The zero-order valence-corrected chi connectivity index (χ0v) is 12.2. The van der Waals surface area contributed by atoms with Crippen LogP contribution in [0.4, 0.5) is 0 Å². The van der Waals surface area contributed by atoms with Gasteiger partial charge in [0.25, 0.3) is 0 Å². The van der Waals surface area contributed by atoms with Gasteiger partial charge in [0.2, 0.25) is 0 Å². The largest absolute Gasteiger partial charge is 0.379 e. The highest BCUT2D eigenvalue weighted by Crippen LogP contribution is 2.26. The molecule has 0 bridgehead atoms. The van der Waals surface area contributed by atoms with Crippen molar-refractivity contribution in [1.29, 1.82) is 0 Å². The molecule has 102 valence electrons.